The summed E-state index contributed by atoms with van der Waals surface area (Å²) in [5, 5.41) is 0.516. The van der Waals surface area contributed by atoms with Crippen LogP contribution in [0.4, 0.5) is 4.79 Å². The van der Waals surface area contributed by atoms with E-state index < -0.39 is 35.7 Å². The van der Waals surface area contributed by atoms with Gasteiger partial charge in [-0.1, -0.05) is 35.9 Å². The highest BCUT2D eigenvalue weighted by Crippen LogP contribution is 2.34. The minimum Gasteiger partial charge on any atom is -0.435 e. The Hall–Kier alpha value is -2.54. The van der Waals surface area contributed by atoms with Crippen molar-refractivity contribution in [2.75, 3.05) is 13.2 Å². The van der Waals surface area contributed by atoms with Crippen LogP contribution in [0.15, 0.2) is 36.4 Å². The van der Waals surface area contributed by atoms with E-state index in [1.165, 1.54) is 19.9 Å². The molecule has 1 unspecified atom stereocenters. The van der Waals surface area contributed by atoms with Gasteiger partial charge in [0.2, 0.25) is 0 Å². The molecule has 1 fully saturated rings. The molecule has 8 heteroatoms. The number of hydrogen-bond acceptors (Lipinski definition) is 7. The van der Waals surface area contributed by atoms with Crippen LogP contribution >= 0.6 is 11.6 Å². The van der Waals surface area contributed by atoms with Gasteiger partial charge < -0.3 is 18.9 Å². The van der Waals surface area contributed by atoms with Crippen molar-refractivity contribution in [3.63, 3.8) is 0 Å². The molecule has 0 aromatic heterocycles. The lowest BCUT2D eigenvalue weighted by Gasteiger charge is -2.35. The van der Waals surface area contributed by atoms with Crippen LogP contribution in [0, 0.1) is 5.92 Å². The highest BCUT2D eigenvalue weighted by molar-refractivity contribution is 6.30. The number of carbonyl (C=O) groups excluding carboxylic acids is 3. The van der Waals surface area contributed by atoms with E-state index in [2.05, 4.69) is 4.74 Å². The third kappa shape index (κ3) is 5.72. The second-order valence-corrected chi connectivity index (χ2v) is 6.66. The second-order valence-electron chi connectivity index (χ2n) is 6.22. The van der Waals surface area contributed by atoms with Gasteiger partial charge in [0.15, 0.2) is 5.92 Å². The third-order valence-corrected chi connectivity index (χ3v) is 3.97. The predicted octanol–water partition coefficient (Wildman–Crippen LogP) is 3.61. The Balaban J connectivity index is 2.22. The van der Waals surface area contributed by atoms with Crippen LogP contribution in [0.5, 0.6) is 0 Å². The van der Waals surface area contributed by atoms with Crippen LogP contribution < -0.4 is 0 Å². The molecule has 1 saturated heterocycles. The number of halogens is 1. The highest BCUT2D eigenvalue weighted by atomic mass is 35.5. The Morgan fingerprint density at radius 2 is 1.78 bits per heavy atom. The molecule has 27 heavy (non-hydrogen) atoms. The van der Waals surface area contributed by atoms with Crippen molar-refractivity contribution in [2.24, 2.45) is 5.92 Å². The topological polar surface area (TPSA) is 88.1 Å². The number of cyclic esters (lactones) is 2. The lowest BCUT2D eigenvalue weighted by atomic mass is 9.85. The maximum Gasteiger partial charge on any atom is 0.508 e. The second kappa shape index (κ2) is 8.90. The van der Waals surface area contributed by atoms with Gasteiger partial charge in [0.05, 0.1) is 6.61 Å². The van der Waals surface area contributed by atoms with Crippen LogP contribution in [-0.2, 0) is 28.5 Å². The summed E-state index contributed by atoms with van der Waals surface area (Å²) < 4.78 is 19.9. The quantitative estimate of drug-likeness (QED) is 0.412. The first-order chi connectivity index (χ1) is 12.7. The summed E-state index contributed by atoms with van der Waals surface area (Å²) in [4.78, 5) is 36.1. The molecule has 0 amide bonds. The fourth-order valence-corrected chi connectivity index (χ4v) is 2.73. The Morgan fingerprint density at radius 3 is 2.33 bits per heavy atom. The normalized spacial score (nSPS) is 17.9. The lowest BCUT2D eigenvalue weighted by Crippen LogP contribution is -2.48. The molecule has 146 valence electrons. The minimum absolute atomic E-state index is 0.0781. The van der Waals surface area contributed by atoms with Crippen LogP contribution in [0.25, 0.3) is 0 Å². The van der Waals surface area contributed by atoms with Gasteiger partial charge in [-0.3, -0.25) is 9.59 Å². The number of hydrogen-bond donors (Lipinski definition) is 0. The highest BCUT2D eigenvalue weighted by Gasteiger charge is 2.46. The molecular weight excluding hydrogens is 376 g/mol. The molecule has 1 aromatic rings. The molecule has 0 N–H and O–H groups in total. The van der Waals surface area contributed by atoms with Gasteiger partial charge >= 0.3 is 18.1 Å². The Labute approximate surface area is 162 Å². The molecule has 1 atom stereocenters. The van der Waals surface area contributed by atoms with Crippen LogP contribution in [0.2, 0.25) is 5.02 Å². The molecule has 0 radical (unpaired) electrons. The third-order valence-electron chi connectivity index (χ3n) is 3.72. The first kappa shape index (κ1) is 20.8. The van der Waals surface area contributed by atoms with Gasteiger partial charge in [-0.25, -0.2) is 4.79 Å². The van der Waals surface area contributed by atoms with Crippen molar-refractivity contribution >= 4 is 29.7 Å². The average molecular weight is 397 g/mol. The Bertz CT molecular complexity index is 704. The van der Waals surface area contributed by atoms with Crippen molar-refractivity contribution in [3.8, 4) is 0 Å². The molecule has 1 aromatic carbocycles. The van der Waals surface area contributed by atoms with Gasteiger partial charge in [-0.15, -0.1) is 0 Å². The molecule has 0 aliphatic carbocycles. The van der Waals surface area contributed by atoms with Crippen molar-refractivity contribution in [2.45, 2.75) is 32.5 Å². The number of rotatable bonds is 6. The smallest absolute Gasteiger partial charge is 0.435 e. The molecule has 1 aliphatic rings. The maximum atomic E-state index is 12.4. The van der Waals surface area contributed by atoms with Gasteiger partial charge in [0.1, 0.15) is 6.61 Å². The van der Waals surface area contributed by atoms with Crippen molar-refractivity contribution < 1.29 is 33.3 Å². The largest absolute Gasteiger partial charge is 0.508 e. The predicted molar refractivity (Wildman–Crippen MR) is 96.1 cm³/mol. The Morgan fingerprint density at radius 1 is 1.19 bits per heavy atom. The number of esters is 2. The molecule has 0 bridgehead atoms. The summed E-state index contributed by atoms with van der Waals surface area (Å²) in [5.41, 5.74) is 0.658. The van der Waals surface area contributed by atoms with Crippen LogP contribution in [0.3, 0.4) is 0 Å². The zero-order valence-corrected chi connectivity index (χ0v) is 16.0. The van der Waals surface area contributed by atoms with Gasteiger partial charge in [0.25, 0.3) is 5.79 Å². The Kier molecular flexibility index (Phi) is 6.85. The molecule has 7 nitrogen and oxygen atoms in total. The van der Waals surface area contributed by atoms with Crippen LogP contribution in [-0.4, -0.2) is 37.1 Å². The van der Waals surface area contributed by atoms with Crippen molar-refractivity contribution in [3.05, 3.63) is 47.0 Å². The van der Waals surface area contributed by atoms with E-state index in [-0.39, 0.29) is 13.2 Å². The summed E-state index contributed by atoms with van der Waals surface area (Å²) in [6, 6.07) is 6.69. The first-order valence-electron chi connectivity index (χ1n) is 8.41. The lowest BCUT2D eigenvalue weighted by molar-refractivity contribution is -0.240. The van der Waals surface area contributed by atoms with Crippen molar-refractivity contribution in [1.82, 2.24) is 0 Å². The fourth-order valence-electron chi connectivity index (χ4n) is 2.60. The number of benzene rings is 1. The summed E-state index contributed by atoms with van der Waals surface area (Å²) in [7, 11) is 0. The number of carbonyl (C=O) groups is 3. The van der Waals surface area contributed by atoms with E-state index in [1.54, 1.807) is 37.3 Å². The molecular formula is C19H21ClO7. The van der Waals surface area contributed by atoms with E-state index in [0.717, 1.165) is 0 Å². The van der Waals surface area contributed by atoms with E-state index in [0.29, 0.717) is 10.6 Å². The summed E-state index contributed by atoms with van der Waals surface area (Å²) in [6.07, 6.45) is 2.31. The van der Waals surface area contributed by atoms with Gasteiger partial charge in [-0.05, 0) is 24.6 Å². The van der Waals surface area contributed by atoms with E-state index in [9.17, 15) is 14.4 Å². The average Bonchev–Trinajstić information content (AvgIpc) is 2.56. The van der Waals surface area contributed by atoms with Gasteiger partial charge in [-0.2, -0.15) is 0 Å². The standard InChI is InChI=1S/C19H21ClO7/c1-4-24-18(23)25-11-5-6-14(12-7-9-13(20)10-8-12)15-16(21)26-19(2,3)27-17(15)22/h5-10,14-15H,4,11H2,1-3H3/b6-5+. The summed E-state index contributed by atoms with van der Waals surface area (Å²) in [6.45, 7) is 4.75. The molecule has 0 spiro atoms. The maximum absolute atomic E-state index is 12.4. The summed E-state index contributed by atoms with van der Waals surface area (Å²) >= 11 is 5.92. The van der Waals surface area contributed by atoms with E-state index in [4.69, 9.17) is 25.8 Å². The molecule has 1 aliphatic heterocycles. The molecule has 1 heterocycles. The van der Waals surface area contributed by atoms with Crippen LogP contribution in [0.1, 0.15) is 32.3 Å². The minimum atomic E-state index is -1.31. The van der Waals surface area contributed by atoms with E-state index in [1.807, 2.05) is 0 Å². The molecule has 0 saturated carbocycles. The zero-order chi connectivity index (χ0) is 20.0. The number of allylic oxidation sites excluding steroid dienone is 1. The van der Waals surface area contributed by atoms with Crippen molar-refractivity contribution in [1.29, 1.82) is 0 Å². The monoisotopic (exact) mass is 396 g/mol. The first-order valence-corrected chi connectivity index (χ1v) is 8.78. The zero-order valence-electron chi connectivity index (χ0n) is 15.3. The summed E-state index contributed by atoms with van der Waals surface area (Å²) in [5.74, 6) is -4.55. The van der Waals surface area contributed by atoms with E-state index >= 15 is 0 Å². The number of ether oxygens (including phenoxy) is 4. The SMILES string of the molecule is CCOC(=O)OC/C=C/C(c1ccc(Cl)cc1)C1C(=O)OC(C)(C)OC1=O. The van der Waals surface area contributed by atoms with Gasteiger partial charge in [0, 0.05) is 24.8 Å². The molecule has 2 rings (SSSR count). The fraction of sp³-hybridized carbons (Fsp3) is 0.421.